The number of rotatable bonds is 4. The van der Waals surface area contributed by atoms with E-state index in [0.29, 0.717) is 40.2 Å². The Morgan fingerprint density at radius 2 is 1.78 bits per heavy atom. The third-order valence-corrected chi connectivity index (χ3v) is 6.06. The Hall–Kier alpha value is -3.87. The topological polar surface area (TPSA) is 69.6 Å². The highest BCUT2D eigenvalue weighted by molar-refractivity contribution is 6.02. The van der Waals surface area contributed by atoms with Gasteiger partial charge in [-0.1, -0.05) is 24.3 Å². The van der Waals surface area contributed by atoms with Crippen LogP contribution in [-0.2, 0) is 6.42 Å². The molecule has 3 heterocycles. The first-order valence-corrected chi connectivity index (χ1v) is 10.5. The Labute approximate surface area is 182 Å². The Bertz CT molecular complexity index is 1490. The van der Waals surface area contributed by atoms with Gasteiger partial charge in [-0.15, -0.1) is 0 Å². The lowest BCUT2D eigenvalue weighted by Gasteiger charge is -2.08. The number of anilines is 1. The molecule has 1 aliphatic carbocycles. The Morgan fingerprint density at radius 1 is 0.969 bits per heavy atom. The zero-order valence-electron chi connectivity index (χ0n) is 17.1. The van der Waals surface area contributed by atoms with E-state index in [1.807, 2.05) is 18.3 Å². The lowest BCUT2D eigenvalue weighted by atomic mass is 10.00. The van der Waals surface area contributed by atoms with Crippen LogP contribution in [0.3, 0.4) is 0 Å². The number of nitrogens with two attached hydrogens (primary N) is 1. The molecule has 0 bridgehead atoms. The monoisotopic (exact) mass is 427 g/mol. The second-order valence-electron chi connectivity index (χ2n) is 8.27. The van der Waals surface area contributed by atoms with Crippen molar-refractivity contribution in [2.24, 2.45) is 0 Å². The van der Waals surface area contributed by atoms with Crippen LogP contribution in [0.1, 0.15) is 30.1 Å². The molecule has 5 aromatic rings. The van der Waals surface area contributed by atoms with E-state index >= 15 is 4.39 Å². The molecule has 5 nitrogen and oxygen atoms in total. The highest BCUT2D eigenvalue weighted by Gasteiger charge is 2.28. The molecule has 32 heavy (non-hydrogen) atoms. The van der Waals surface area contributed by atoms with Crippen molar-refractivity contribution in [3.8, 4) is 11.1 Å². The molecule has 1 aliphatic rings. The first-order valence-electron chi connectivity index (χ1n) is 10.5. The van der Waals surface area contributed by atoms with Gasteiger partial charge in [0.25, 0.3) is 0 Å². The van der Waals surface area contributed by atoms with E-state index in [2.05, 4.69) is 19.5 Å². The molecule has 0 spiro atoms. The predicted molar refractivity (Wildman–Crippen MR) is 120 cm³/mol. The fourth-order valence-corrected chi connectivity index (χ4v) is 4.29. The second kappa shape index (κ2) is 7.09. The Balaban J connectivity index is 1.44. The summed E-state index contributed by atoms with van der Waals surface area (Å²) >= 11 is 0. The molecule has 0 saturated heterocycles. The van der Waals surface area contributed by atoms with E-state index in [-0.39, 0.29) is 11.6 Å². The second-order valence-corrected chi connectivity index (χ2v) is 8.27. The molecule has 7 heteroatoms. The minimum absolute atomic E-state index is 0.274. The summed E-state index contributed by atoms with van der Waals surface area (Å²) in [4.78, 5) is 13.0. The van der Waals surface area contributed by atoms with Crippen LogP contribution >= 0.6 is 0 Å². The summed E-state index contributed by atoms with van der Waals surface area (Å²) in [6.45, 7) is 0. The van der Waals surface area contributed by atoms with Gasteiger partial charge in [0.2, 0.25) is 0 Å². The fraction of sp³-hybridized carbons (Fsp3) is 0.160. The van der Waals surface area contributed by atoms with Gasteiger partial charge in [0.1, 0.15) is 29.4 Å². The van der Waals surface area contributed by atoms with Crippen molar-refractivity contribution < 1.29 is 8.78 Å². The zero-order valence-corrected chi connectivity index (χ0v) is 17.1. The molecule has 0 atom stereocenters. The lowest BCUT2D eigenvalue weighted by molar-refractivity contribution is 0.627. The molecule has 3 aromatic heterocycles. The largest absolute Gasteiger partial charge is 0.383 e. The van der Waals surface area contributed by atoms with Gasteiger partial charge in [0.15, 0.2) is 0 Å². The van der Waals surface area contributed by atoms with Crippen molar-refractivity contribution in [2.45, 2.75) is 25.3 Å². The Morgan fingerprint density at radius 3 is 2.56 bits per heavy atom. The molecule has 2 aromatic carbocycles. The van der Waals surface area contributed by atoms with Crippen LogP contribution in [0, 0.1) is 11.6 Å². The van der Waals surface area contributed by atoms with Crippen LogP contribution in [0.2, 0.25) is 0 Å². The van der Waals surface area contributed by atoms with Gasteiger partial charge < -0.3 is 10.3 Å². The van der Waals surface area contributed by atoms with Crippen LogP contribution in [0.25, 0.3) is 32.9 Å². The molecule has 1 saturated carbocycles. The van der Waals surface area contributed by atoms with E-state index in [0.717, 1.165) is 35.1 Å². The van der Waals surface area contributed by atoms with Crippen molar-refractivity contribution >= 4 is 27.6 Å². The number of hydrogen-bond acceptors (Lipinski definition) is 4. The summed E-state index contributed by atoms with van der Waals surface area (Å²) in [6.07, 6.45) is 7.65. The average molecular weight is 427 g/mol. The van der Waals surface area contributed by atoms with Gasteiger partial charge >= 0.3 is 0 Å². The first-order chi connectivity index (χ1) is 15.6. The molecular weight excluding hydrogens is 408 g/mol. The van der Waals surface area contributed by atoms with Crippen LogP contribution in [0.4, 0.5) is 14.6 Å². The standard InChI is InChI=1S/C25H19F2N5/c26-16-4-1-14(2-5-16)9-17-10-15-3-8-19(23(27)20(15)11-29-17)21-12-32(18-6-7-18)25-22(21)24(28)30-13-31-25/h1-5,8,10-13,18H,6-7,9H2,(H2,28,30,31). The normalized spacial score (nSPS) is 13.8. The maximum Gasteiger partial charge on any atom is 0.146 e. The summed E-state index contributed by atoms with van der Waals surface area (Å²) in [7, 11) is 0. The summed E-state index contributed by atoms with van der Waals surface area (Å²) in [5.74, 6) is -0.276. The number of fused-ring (bicyclic) bond motifs is 2. The van der Waals surface area contributed by atoms with Crippen LogP contribution in [0.5, 0.6) is 0 Å². The summed E-state index contributed by atoms with van der Waals surface area (Å²) in [6, 6.07) is 12.2. The number of hydrogen-bond donors (Lipinski definition) is 1. The molecule has 0 radical (unpaired) electrons. The Kier molecular flexibility index (Phi) is 4.18. The number of nitrogen functional groups attached to an aromatic ring is 1. The molecule has 2 N–H and O–H groups in total. The zero-order chi connectivity index (χ0) is 21.8. The minimum atomic E-state index is -0.346. The highest BCUT2D eigenvalue weighted by atomic mass is 19.1. The van der Waals surface area contributed by atoms with E-state index in [1.165, 1.54) is 18.5 Å². The van der Waals surface area contributed by atoms with E-state index in [4.69, 9.17) is 5.73 Å². The van der Waals surface area contributed by atoms with Gasteiger partial charge in [0.05, 0.1) is 5.39 Å². The van der Waals surface area contributed by atoms with Crippen molar-refractivity contribution in [3.05, 3.63) is 84.1 Å². The summed E-state index contributed by atoms with van der Waals surface area (Å²) < 4.78 is 30.9. The predicted octanol–water partition coefficient (Wildman–Crippen LogP) is 5.43. The summed E-state index contributed by atoms with van der Waals surface area (Å²) in [5, 5.41) is 1.88. The average Bonchev–Trinajstić information content (AvgIpc) is 3.56. The fourth-order valence-electron chi connectivity index (χ4n) is 4.29. The van der Waals surface area contributed by atoms with Gasteiger partial charge in [-0.25, -0.2) is 18.7 Å². The van der Waals surface area contributed by atoms with E-state index < -0.39 is 0 Å². The maximum absolute atomic E-state index is 15.7. The molecule has 6 rings (SSSR count). The summed E-state index contributed by atoms with van der Waals surface area (Å²) in [5.41, 5.74) is 9.79. The third-order valence-electron chi connectivity index (χ3n) is 6.06. The number of pyridine rings is 1. The quantitative estimate of drug-likeness (QED) is 0.415. The lowest BCUT2D eigenvalue weighted by Crippen LogP contribution is -1.96. The minimum Gasteiger partial charge on any atom is -0.383 e. The molecule has 1 fully saturated rings. The van der Waals surface area contributed by atoms with Crippen LogP contribution in [0.15, 0.2) is 61.2 Å². The van der Waals surface area contributed by atoms with Crippen molar-refractivity contribution in [1.29, 1.82) is 0 Å². The number of aromatic nitrogens is 4. The highest BCUT2D eigenvalue weighted by Crippen LogP contribution is 2.43. The van der Waals surface area contributed by atoms with Gasteiger partial charge in [-0.3, -0.25) is 4.98 Å². The molecular formula is C25H19F2N5. The van der Waals surface area contributed by atoms with Crippen molar-refractivity contribution in [1.82, 2.24) is 19.5 Å². The van der Waals surface area contributed by atoms with E-state index in [1.54, 1.807) is 24.4 Å². The van der Waals surface area contributed by atoms with E-state index in [9.17, 15) is 4.39 Å². The molecule has 158 valence electrons. The van der Waals surface area contributed by atoms with Gasteiger partial charge in [-0.2, -0.15) is 0 Å². The molecule has 0 unspecified atom stereocenters. The first kappa shape index (κ1) is 18.9. The third kappa shape index (κ3) is 3.09. The maximum atomic E-state index is 15.7. The molecule has 0 amide bonds. The smallest absolute Gasteiger partial charge is 0.146 e. The number of halogens is 2. The van der Waals surface area contributed by atoms with Gasteiger partial charge in [-0.05, 0) is 42.0 Å². The number of nitrogens with zero attached hydrogens (tertiary/aromatic N) is 4. The van der Waals surface area contributed by atoms with Gasteiger partial charge in [0, 0.05) is 47.1 Å². The number of benzene rings is 2. The molecule has 0 aliphatic heterocycles. The van der Waals surface area contributed by atoms with Crippen molar-refractivity contribution in [3.63, 3.8) is 0 Å². The van der Waals surface area contributed by atoms with Crippen LogP contribution in [-0.4, -0.2) is 19.5 Å². The SMILES string of the molecule is Nc1ncnc2c1c(-c1ccc3cc(Cc4ccc(F)cc4)ncc3c1F)cn2C1CC1. The van der Waals surface area contributed by atoms with Crippen LogP contribution < -0.4 is 5.73 Å². The van der Waals surface area contributed by atoms with Crippen molar-refractivity contribution in [2.75, 3.05) is 5.73 Å².